The molecule has 0 unspecified atom stereocenters. The highest BCUT2D eigenvalue weighted by molar-refractivity contribution is 6.31. The van der Waals surface area contributed by atoms with Crippen LogP contribution >= 0.6 is 0 Å². The summed E-state index contributed by atoms with van der Waals surface area (Å²) in [5.74, 6) is -0.455. The minimum atomic E-state index is -0.455. The molecule has 0 saturated carbocycles. The number of benzene rings is 1. The van der Waals surface area contributed by atoms with Crippen LogP contribution in [0.25, 0.3) is 0 Å². The van der Waals surface area contributed by atoms with Gasteiger partial charge in [0.15, 0.2) is 0 Å². The molecule has 0 aliphatic heterocycles. The number of hydrogen-bond donors (Lipinski definition) is 2. The molecule has 0 aromatic heterocycles. The maximum absolute atomic E-state index is 10.8. The van der Waals surface area contributed by atoms with Crippen LogP contribution in [0.1, 0.15) is 13.8 Å². The summed E-state index contributed by atoms with van der Waals surface area (Å²) in [6.45, 7) is 4.00. The molecule has 0 bridgehead atoms. The van der Waals surface area contributed by atoms with Gasteiger partial charge in [0.1, 0.15) is 6.21 Å². The third-order valence-electron chi connectivity index (χ3n) is 1.22. The fourth-order valence-electron chi connectivity index (χ4n) is 0.748. The van der Waals surface area contributed by atoms with Gasteiger partial charge in [-0.05, 0) is 12.1 Å². The van der Waals surface area contributed by atoms with Crippen LogP contribution in [-0.2, 0) is 4.79 Å². The van der Waals surface area contributed by atoms with Crippen molar-refractivity contribution in [2.45, 2.75) is 13.8 Å². The molecule has 1 aromatic carbocycles. The summed E-state index contributed by atoms with van der Waals surface area (Å²) < 4.78 is 0. The summed E-state index contributed by atoms with van der Waals surface area (Å²) in [6, 6.07) is 8.92. The predicted octanol–water partition coefficient (Wildman–Crippen LogP) is 2.11. The molecule has 0 radical (unpaired) electrons. The molecule has 0 heterocycles. The van der Waals surface area contributed by atoms with Crippen LogP contribution in [0.4, 0.5) is 5.69 Å². The van der Waals surface area contributed by atoms with Crippen LogP contribution in [-0.4, -0.2) is 17.3 Å². The van der Waals surface area contributed by atoms with Crippen molar-refractivity contribution < 1.29 is 10.0 Å². The first-order valence-electron chi connectivity index (χ1n) is 4.36. The first-order valence-corrected chi connectivity index (χ1v) is 4.36. The largest absolute Gasteiger partial charge is 0.411 e. The van der Waals surface area contributed by atoms with Gasteiger partial charge in [0.25, 0.3) is 5.91 Å². The number of rotatable bonds is 2. The van der Waals surface area contributed by atoms with E-state index in [-0.39, 0.29) is 0 Å². The molecule has 0 atom stereocenters. The second kappa shape index (κ2) is 7.79. The Labute approximate surface area is 83.3 Å². The van der Waals surface area contributed by atoms with E-state index in [1.807, 2.05) is 19.9 Å². The van der Waals surface area contributed by atoms with E-state index in [1.54, 1.807) is 24.3 Å². The number of anilines is 1. The average molecular weight is 194 g/mol. The summed E-state index contributed by atoms with van der Waals surface area (Å²) >= 11 is 0. The Hall–Kier alpha value is -1.84. The molecule has 0 spiro atoms. The van der Waals surface area contributed by atoms with Gasteiger partial charge >= 0.3 is 0 Å². The standard InChI is InChI=1S/C8H8N2O2.C2H6/c11-8(6-9-12)10-7-4-2-1-3-5-7;1-2/h1-6,12H,(H,10,11);1-2H3/b9-6+;. The van der Waals surface area contributed by atoms with Crippen molar-refractivity contribution in [2.24, 2.45) is 5.16 Å². The minimum Gasteiger partial charge on any atom is -0.411 e. The van der Waals surface area contributed by atoms with Gasteiger partial charge in [-0.3, -0.25) is 4.79 Å². The number of amides is 1. The van der Waals surface area contributed by atoms with E-state index in [2.05, 4.69) is 10.5 Å². The third kappa shape index (κ3) is 4.92. The van der Waals surface area contributed by atoms with Crippen molar-refractivity contribution in [3.63, 3.8) is 0 Å². The van der Waals surface area contributed by atoms with E-state index >= 15 is 0 Å². The molecule has 0 aliphatic rings. The Kier molecular flexibility index (Phi) is 6.77. The van der Waals surface area contributed by atoms with E-state index in [1.165, 1.54) is 0 Å². The highest BCUT2D eigenvalue weighted by Gasteiger charge is 1.95. The number of oxime groups is 1. The zero-order valence-corrected chi connectivity index (χ0v) is 8.27. The summed E-state index contributed by atoms with van der Waals surface area (Å²) in [4.78, 5) is 10.8. The quantitative estimate of drug-likeness (QED) is 0.430. The number of nitrogens with zero attached hydrogens (tertiary/aromatic N) is 1. The maximum atomic E-state index is 10.8. The Morgan fingerprint density at radius 3 is 2.43 bits per heavy atom. The fourth-order valence-corrected chi connectivity index (χ4v) is 0.748. The van der Waals surface area contributed by atoms with Gasteiger partial charge in [0, 0.05) is 5.69 Å². The number of para-hydroxylation sites is 1. The lowest BCUT2D eigenvalue weighted by molar-refractivity contribution is -0.110. The highest BCUT2D eigenvalue weighted by Crippen LogP contribution is 2.03. The molecule has 4 heteroatoms. The molecule has 4 nitrogen and oxygen atoms in total. The fraction of sp³-hybridized carbons (Fsp3) is 0.200. The lowest BCUT2D eigenvalue weighted by atomic mass is 10.3. The van der Waals surface area contributed by atoms with Crippen LogP contribution in [0, 0.1) is 0 Å². The van der Waals surface area contributed by atoms with Gasteiger partial charge in [-0.25, -0.2) is 0 Å². The highest BCUT2D eigenvalue weighted by atomic mass is 16.4. The van der Waals surface area contributed by atoms with Gasteiger partial charge < -0.3 is 10.5 Å². The Bertz CT molecular complexity index is 283. The molecule has 0 fully saturated rings. The Morgan fingerprint density at radius 1 is 1.36 bits per heavy atom. The van der Waals surface area contributed by atoms with E-state index in [0.29, 0.717) is 5.69 Å². The first-order chi connectivity index (χ1) is 6.83. The van der Waals surface area contributed by atoms with Crippen LogP contribution in [0.15, 0.2) is 35.5 Å². The molecular formula is C10H14N2O2. The number of carbonyl (C=O) groups is 1. The normalized spacial score (nSPS) is 9.00. The number of nitrogens with one attached hydrogen (secondary N) is 1. The third-order valence-corrected chi connectivity index (χ3v) is 1.22. The molecule has 0 saturated heterocycles. The topological polar surface area (TPSA) is 61.7 Å². The molecule has 0 aliphatic carbocycles. The average Bonchev–Trinajstić information content (AvgIpc) is 2.22. The molecule has 76 valence electrons. The summed E-state index contributed by atoms with van der Waals surface area (Å²) in [5, 5.41) is 13.1. The molecule has 1 amide bonds. The Morgan fingerprint density at radius 2 is 1.93 bits per heavy atom. The second-order valence-electron chi connectivity index (χ2n) is 2.10. The van der Waals surface area contributed by atoms with Gasteiger partial charge in [-0.2, -0.15) is 0 Å². The summed E-state index contributed by atoms with van der Waals surface area (Å²) in [6.07, 6.45) is 0.799. The number of hydrogen-bond acceptors (Lipinski definition) is 3. The van der Waals surface area contributed by atoms with Gasteiger partial charge in [-0.1, -0.05) is 37.2 Å². The van der Waals surface area contributed by atoms with Crippen molar-refractivity contribution in [3.05, 3.63) is 30.3 Å². The van der Waals surface area contributed by atoms with Crippen molar-refractivity contribution >= 4 is 17.8 Å². The maximum Gasteiger partial charge on any atom is 0.270 e. The molecule has 2 N–H and O–H groups in total. The molecule has 1 rings (SSSR count). The van der Waals surface area contributed by atoms with Crippen LogP contribution in [0.2, 0.25) is 0 Å². The van der Waals surface area contributed by atoms with Crippen molar-refractivity contribution in [1.29, 1.82) is 0 Å². The van der Waals surface area contributed by atoms with E-state index < -0.39 is 5.91 Å². The SMILES string of the molecule is CC.O=C(/C=N/O)Nc1ccccc1. The monoisotopic (exact) mass is 194 g/mol. The smallest absolute Gasteiger partial charge is 0.270 e. The minimum absolute atomic E-state index is 0.455. The van der Waals surface area contributed by atoms with Crippen molar-refractivity contribution in [3.8, 4) is 0 Å². The van der Waals surface area contributed by atoms with Crippen LogP contribution in [0.5, 0.6) is 0 Å². The van der Waals surface area contributed by atoms with E-state index in [0.717, 1.165) is 6.21 Å². The summed E-state index contributed by atoms with van der Waals surface area (Å²) in [7, 11) is 0. The Balaban J connectivity index is 0.000000791. The zero-order chi connectivity index (χ0) is 10.8. The molecular weight excluding hydrogens is 180 g/mol. The first kappa shape index (κ1) is 12.2. The van der Waals surface area contributed by atoms with Crippen LogP contribution in [0.3, 0.4) is 0 Å². The zero-order valence-electron chi connectivity index (χ0n) is 8.27. The van der Waals surface area contributed by atoms with Gasteiger partial charge in [0.05, 0.1) is 0 Å². The van der Waals surface area contributed by atoms with Gasteiger partial charge in [-0.15, -0.1) is 0 Å². The lowest BCUT2D eigenvalue weighted by Crippen LogP contribution is -2.12. The summed E-state index contributed by atoms with van der Waals surface area (Å²) in [5.41, 5.74) is 0.669. The van der Waals surface area contributed by atoms with Gasteiger partial charge in [0.2, 0.25) is 0 Å². The van der Waals surface area contributed by atoms with Crippen molar-refractivity contribution in [1.82, 2.24) is 0 Å². The lowest BCUT2D eigenvalue weighted by Gasteiger charge is -1.98. The second-order valence-corrected chi connectivity index (χ2v) is 2.10. The predicted molar refractivity (Wildman–Crippen MR) is 56.7 cm³/mol. The molecule has 14 heavy (non-hydrogen) atoms. The van der Waals surface area contributed by atoms with Crippen molar-refractivity contribution in [2.75, 3.05) is 5.32 Å². The molecule has 1 aromatic rings. The number of carbonyl (C=O) groups excluding carboxylic acids is 1. The van der Waals surface area contributed by atoms with Crippen LogP contribution < -0.4 is 5.32 Å². The van der Waals surface area contributed by atoms with E-state index in [4.69, 9.17) is 5.21 Å². The van der Waals surface area contributed by atoms with E-state index in [9.17, 15) is 4.79 Å².